The lowest BCUT2D eigenvalue weighted by Crippen LogP contribution is -2.32. The largest absolute Gasteiger partial charge is 0.307 e. The first-order valence-electron chi connectivity index (χ1n) is 5.61. The topological polar surface area (TPSA) is 63.3 Å². The number of nitrogens with zero attached hydrogens (tertiary/aromatic N) is 2. The number of hydrogen-bond acceptors (Lipinski definition) is 3. The van der Waals surface area contributed by atoms with Crippen LogP contribution >= 0.6 is 0 Å². The summed E-state index contributed by atoms with van der Waals surface area (Å²) in [7, 11) is 0. The summed E-state index contributed by atoms with van der Waals surface area (Å²) < 4.78 is 0. The van der Waals surface area contributed by atoms with Crippen molar-refractivity contribution < 1.29 is 0 Å². The maximum Gasteiger partial charge on any atom is 0.162 e. The van der Waals surface area contributed by atoms with Crippen LogP contribution in [-0.4, -0.2) is 16.9 Å². The first-order valence-corrected chi connectivity index (χ1v) is 5.61. The van der Waals surface area contributed by atoms with E-state index >= 15 is 0 Å². The number of aromatic nitrogens is 1. The fraction of sp³-hybridized carbons (Fsp3) is 0.231. The van der Waals surface area contributed by atoms with Crippen LogP contribution in [0.5, 0.6) is 0 Å². The number of rotatable bonds is 2. The highest BCUT2D eigenvalue weighted by atomic mass is 15.3. The van der Waals surface area contributed by atoms with Gasteiger partial charge < -0.3 is 5.43 Å². The number of hydrogen-bond donors (Lipinski definition) is 2. The van der Waals surface area contributed by atoms with Gasteiger partial charge in [-0.1, -0.05) is 24.3 Å². The molecule has 3 N–H and O–H groups in total. The third kappa shape index (κ3) is 2.42. The van der Waals surface area contributed by atoms with Crippen molar-refractivity contribution in [1.82, 2.24) is 10.4 Å². The van der Waals surface area contributed by atoms with Gasteiger partial charge in [-0.2, -0.15) is 0 Å². The van der Waals surface area contributed by atoms with Gasteiger partial charge in [-0.05, 0) is 25.3 Å². The molecule has 17 heavy (non-hydrogen) atoms. The minimum Gasteiger partial charge on any atom is -0.307 e. The van der Waals surface area contributed by atoms with Crippen LogP contribution in [0.3, 0.4) is 0 Å². The summed E-state index contributed by atoms with van der Waals surface area (Å²) in [6.45, 7) is 4.00. The number of aliphatic imine (C=N–C) groups is 1. The Hall–Kier alpha value is -1.94. The molecule has 0 aliphatic carbocycles. The molecule has 0 radical (unpaired) electrons. The van der Waals surface area contributed by atoms with E-state index in [-0.39, 0.29) is 6.04 Å². The van der Waals surface area contributed by atoms with E-state index in [0.29, 0.717) is 5.84 Å². The van der Waals surface area contributed by atoms with E-state index in [1.165, 1.54) is 0 Å². The minimum absolute atomic E-state index is 0.168. The third-order valence-electron chi connectivity index (χ3n) is 2.42. The Morgan fingerprint density at radius 3 is 2.76 bits per heavy atom. The zero-order valence-corrected chi connectivity index (χ0v) is 10.0. The summed E-state index contributed by atoms with van der Waals surface area (Å²) in [5, 5.41) is 2.18. The molecule has 0 unspecified atom stereocenters. The number of benzene rings is 1. The van der Waals surface area contributed by atoms with Gasteiger partial charge in [-0.3, -0.25) is 9.98 Å². The summed E-state index contributed by atoms with van der Waals surface area (Å²) in [5.41, 5.74) is 3.42. The fourth-order valence-electron chi connectivity index (χ4n) is 1.73. The first kappa shape index (κ1) is 11.5. The molecule has 4 nitrogen and oxygen atoms in total. The van der Waals surface area contributed by atoms with E-state index in [1.54, 1.807) is 6.20 Å². The smallest absolute Gasteiger partial charge is 0.162 e. The molecule has 88 valence electrons. The molecular weight excluding hydrogens is 212 g/mol. The van der Waals surface area contributed by atoms with Gasteiger partial charge in [0.2, 0.25) is 0 Å². The van der Waals surface area contributed by atoms with Crippen molar-refractivity contribution in [3.8, 4) is 0 Å². The maximum atomic E-state index is 5.52. The number of pyridine rings is 1. The van der Waals surface area contributed by atoms with E-state index in [2.05, 4.69) is 15.4 Å². The van der Waals surface area contributed by atoms with Gasteiger partial charge >= 0.3 is 0 Å². The highest BCUT2D eigenvalue weighted by Gasteiger charge is 2.08. The number of amidine groups is 1. The minimum atomic E-state index is 0.168. The van der Waals surface area contributed by atoms with Crippen LogP contribution in [-0.2, 0) is 0 Å². The van der Waals surface area contributed by atoms with Gasteiger partial charge in [0.15, 0.2) is 5.84 Å². The van der Waals surface area contributed by atoms with Crippen LogP contribution in [0.4, 0.5) is 0 Å². The van der Waals surface area contributed by atoms with Crippen LogP contribution < -0.4 is 11.3 Å². The zero-order chi connectivity index (χ0) is 12.3. The lowest BCUT2D eigenvalue weighted by Gasteiger charge is -2.09. The van der Waals surface area contributed by atoms with Gasteiger partial charge in [0, 0.05) is 17.6 Å². The second-order valence-electron chi connectivity index (χ2n) is 4.10. The summed E-state index contributed by atoms with van der Waals surface area (Å²) in [6, 6.07) is 10.2. The predicted molar refractivity (Wildman–Crippen MR) is 70.7 cm³/mol. The summed E-state index contributed by atoms with van der Waals surface area (Å²) in [4.78, 5) is 8.79. The first-order chi connectivity index (χ1) is 8.22. The van der Waals surface area contributed by atoms with Gasteiger partial charge in [-0.15, -0.1) is 0 Å². The molecule has 0 saturated carbocycles. The molecule has 2 aromatic rings. The van der Waals surface area contributed by atoms with Crippen molar-refractivity contribution in [1.29, 1.82) is 0 Å². The monoisotopic (exact) mass is 228 g/mol. The van der Waals surface area contributed by atoms with Gasteiger partial charge in [0.25, 0.3) is 0 Å². The SMILES string of the molecule is CC(C)N=C(NN)c1nccc2ccccc12. The van der Waals surface area contributed by atoms with E-state index in [4.69, 9.17) is 5.84 Å². The van der Waals surface area contributed by atoms with Crippen LogP contribution in [0.2, 0.25) is 0 Å². The molecular formula is C13H16N4. The van der Waals surface area contributed by atoms with E-state index < -0.39 is 0 Å². The van der Waals surface area contributed by atoms with Crippen molar-refractivity contribution >= 4 is 16.6 Å². The van der Waals surface area contributed by atoms with E-state index in [9.17, 15) is 0 Å². The molecule has 0 aliphatic heterocycles. The third-order valence-corrected chi connectivity index (χ3v) is 2.42. The second kappa shape index (κ2) is 4.93. The van der Waals surface area contributed by atoms with Gasteiger partial charge in [0.05, 0.1) is 0 Å². The quantitative estimate of drug-likeness (QED) is 0.357. The van der Waals surface area contributed by atoms with Crippen LogP contribution in [0.15, 0.2) is 41.5 Å². The fourth-order valence-corrected chi connectivity index (χ4v) is 1.73. The van der Waals surface area contributed by atoms with Crippen molar-refractivity contribution in [3.05, 3.63) is 42.2 Å². The van der Waals surface area contributed by atoms with Crippen molar-refractivity contribution in [2.24, 2.45) is 10.8 Å². The number of nitrogens with two attached hydrogens (primary N) is 1. The predicted octanol–water partition coefficient (Wildman–Crippen LogP) is 1.85. The molecule has 0 bridgehead atoms. The molecule has 1 aromatic heterocycles. The molecule has 0 aliphatic rings. The van der Waals surface area contributed by atoms with E-state index in [0.717, 1.165) is 16.5 Å². The Labute approximate surface area is 101 Å². The molecule has 0 amide bonds. The summed E-state index contributed by atoms with van der Waals surface area (Å²) >= 11 is 0. The Kier molecular flexibility index (Phi) is 3.35. The zero-order valence-electron chi connectivity index (χ0n) is 10.0. The normalized spacial score (nSPS) is 12.1. The number of hydrazine groups is 1. The molecule has 1 heterocycles. The number of fused-ring (bicyclic) bond motifs is 1. The average Bonchev–Trinajstić information content (AvgIpc) is 2.35. The molecule has 0 fully saturated rings. The van der Waals surface area contributed by atoms with Crippen LogP contribution in [0.25, 0.3) is 10.8 Å². The standard InChI is InChI=1S/C13H16N4/c1-9(2)16-13(17-14)12-11-6-4-3-5-10(11)7-8-15-12/h3-9H,14H2,1-2H3,(H,16,17). The lowest BCUT2D eigenvalue weighted by atomic mass is 10.1. The van der Waals surface area contributed by atoms with E-state index in [1.807, 2.05) is 44.2 Å². The molecule has 0 spiro atoms. The highest BCUT2D eigenvalue weighted by Crippen LogP contribution is 2.16. The van der Waals surface area contributed by atoms with Crippen molar-refractivity contribution in [2.45, 2.75) is 19.9 Å². The highest BCUT2D eigenvalue weighted by molar-refractivity contribution is 6.07. The van der Waals surface area contributed by atoms with Crippen LogP contribution in [0, 0.1) is 0 Å². The van der Waals surface area contributed by atoms with Crippen molar-refractivity contribution in [2.75, 3.05) is 0 Å². The number of nitrogens with one attached hydrogen (secondary N) is 1. The Morgan fingerprint density at radius 1 is 1.29 bits per heavy atom. The van der Waals surface area contributed by atoms with Gasteiger partial charge in [0.1, 0.15) is 5.69 Å². The van der Waals surface area contributed by atoms with Gasteiger partial charge in [-0.25, -0.2) is 5.84 Å². The second-order valence-corrected chi connectivity index (χ2v) is 4.10. The lowest BCUT2D eigenvalue weighted by molar-refractivity contribution is 0.819. The molecule has 2 rings (SSSR count). The molecule has 4 heteroatoms. The maximum absolute atomic E-state index is 5.52. The average molecular weight is 228 g/mol. The Balaban J connectivity index is 2.61. The Bertz CT molecular complexity index is 541. The molecule has 0 atom stereocenters. The van der Waals surface area contributed by atoms with Crippen molar-refractivity contribution in [3.63, 3.8) is 0 Å². The Morgan fingerprint density at radius 2 is 2.06 bits per heavy atom. The molecule has 0 saturated heterocycles. The molecule has 1 aromatic carbocycles. The summed E-state index contributed by atoms with van der Waals surface area (Å²) in [6.07, 6.45) is 1.77. The summed E-state index contributed by atoms with van der Waals surface area (Å²) in [5.74, 6) is 6.15. The van der Waals surface area contributed by atoms with Crippen LogP contribution in [0.1, 0.15) is 19.5 Å².